The predicted octanol–water partition coefficient (Wildman–Crippen LogP) is 2.35. The molecule has 2 aromatic carbocycles. The number of rotatable bonds is 8. The van der Waals surface area contributed by atoms with Gasteiger partial charge in [0, 0.05) is 13.1 Å². The van der Waals surface area contributed by atoms with E-state index in [0.29, 0.717) is 37.3 Å². The SMILES string of the molecule is COc1ccc(CCNC(=O)[C@H]2CCCN2S(=O)(=O)c2ccc(F)cc2)cc1OC. The van der Waals surface area contributed by atoms with Gasteiger partial charge in [0.2, 0.25) is 15.9 Å². The van der Waals surface area contributed by atoms with Crippen molar-refractivity contribution in [2.75, 3.05) is 27.3 Å². The molecule has 1 atom stereocenters. The van der Waals surface area contributed by atoms with Crippen molar-refractivity contribution in [1.82, 2.24) is 9.62 Å². The fraction of sp³-hybridized carbons (Fsp3) is 0.381. The van der Waals surface area contributed by atoms with Gasteiger partial charge in [0.15, 0.2) is 11.5 Å². The maximum atomic E-state index is 13.1. The largest absolute Gasteiger partial charge is 0.493 e. The number of carbonyl (C=O) groups is 1. The number of nitrogens with one attached hydrogen (secondary N) is 1. The first kappa shape index (κ1) is 22.0. The number of amides is 1. The molecule has 0 spiro atoms. The van der Waals surface area contributed by atoms with Crippen molar-refractivity contribution in [2.24, 2.45) is 0 Å². The second-order valence-corrected chi connectivity index (χ2v) is 8.85. The number of ether oxygens (including phenoxy) is 2. The minimum absolute atomic E-state index is 0.0195. The van der Waals surface area contributed by atoms with Crippen LogP contribution >= 0.6 is 0 Å². The summed E-state index contributed by atoms with van der Waals surface area (Å²) < 4.78 is 50.6. The van der Waals surface area contributed by atoms with Gasteiger partial charge < -0.3 is 14.8 Å². The Morgan fingerprint density at radius 3 is 2.50 bits per heavy atom. The van der Waals surface area contributed by atoms with Gasteiger partial charge in [0.1, 0.15) is 11.9 Å². The van der Waals surface area contributed by atoms with E-state index in [4.69, 9.17) is 9.47 Å². The molecule has 1 N–H and O–H groups in total. The molecule has 1 amide bonds. The van der Waals surface area contributed by atoms with Crippen molar-refractivity contribution < 1.29 is 27.1 Å². The highest BCUT2D eigenvalue weighted by Crippen LogP contribution is 2.28. The summed E-state index contributed by atoms with van der Waals surface area (Å²) in [7, 11) is -0.752. The summed E-state index contributed by atoms with van der Waals surface area (Å²) in [6.45, 7) is 0.614. The van der Waals surface area contributed by atoms with Crippen LogP contribution in [0.2, 0.25) is 0 Å². The molecule has 30 heavy (non-hydrogen) atoms. The van der Waals surface area contributed by atoms with Crippen LogP contribution in [0.4, 0.5) is 4.39 Å². The first-order valence-corrected chi connectivity index (χ1v) is 11.1. The lowest BCUT2D eigenvalue weighted by atomic mass is 10.1. The standard InChI is InChI=1S/C21H25FN2O5S/c1-28-19-10-5-15(14-20(19)29-2)11-12-23-21(25)18-4-3-13-24(18)30(26,27)17-8-6-16(22)7-9-17/h5-10,14,18H,3-4,11-13H2,1-2H3,(H,23,25)/t18-/m1/s1. The van der Waals surface area contributed by atoms with E-state index in [1.54, 1.807) is 20.3 Å². The number of benzene rings is 2. The predicted molar refractivity (Wildman–Crippen MR) is 110 cm³/mol. The van der Waals surface area contributed by atoms with Gasteiger partial charge in [-0.3, -0.25) is 4.79 Å². The lowest BCUT2D eigenvalue weighted by Gasteiger charge is -2.23. The average molecular weight is 437 g/mol. The van der Waals surface area contributed by atoms with Crippen molar-refractivity contribution in [1.29, 1.82) is 0 Å². The summed E-state index contributed by atoms with van der Waals surface area (Å²) in [6, 6.07) is 9.38. The van der Waals surface area contributed by atoms with Gasteiger partial charge in [-0.05, 0) is 61.2 Å². The van der Waals surface area contributed by atoms with Crippen molar-refractivity contribution >= 4 is 15.9 Å². The van der Waals surface area contributed by atoms with Gasteiger partial charge in [-0.2, -0.15) is 4.31 Å². The zero-order valence-electron chi connectivity index (χ0n) is 16.9. The maximum Gasteiger partial charge on any atom is 0.243 e. The molecule has 0 aromatic heterocycles. The van der Waals surface area contributed by atoms with Crippen LogP contribution in [0.3, 0.4) is 0 Å². The zero-order chi connectivity index (χ0) is 21.7. The van der Waals surface area contributed by atoms with Crippen molar-refractivity contribution in [3.05, 3.63) is 53.8 Å². The summed E-state index contributed by atoms with van der Waals surface area (Å²) in [5.41, 5.74) is 0.954. The summed E-state index contributed by atoms with van der Waals surface area (Å²) in [5, 5.41) is 2.82. The van der Waals surface area contributed by atoms with E-state index in [1.165, 1.54) is 16.4 Å². The van der Waals surface area contributed by atoms with Crippen LogP contribution in [0.15, 0.2) is 47.4 Å². The summed E-state index contributed by atoms with van der Waals surface area (Å²) in [4.78, 5) is 12.7. The van der Waals surface area contributed by atoms with Crippen LogP contribution in [0, 0.1) is 5.82 Å². The average Bonchev–Trinajstić information content (AvgIpc) is 3.25. The molecular formula is C21H25FN2O5S. The Bertz CT molecular complexity index is 995. The van der Waals surface area contributed by atoms with Crippen molar-refractivity contribution in [3.8, 4) is 11.5 Å². The Morgan fingerprint density at radius 2 is 1.83 bits per heavy atom. The van der Waals surface area contributed by atoms with E-state index >= 15 is 0 Å². The Balaban J connectivity index is 1.63. The lowest BCUT2D eigenvalue weighted by Crippen LogP contribution is -2.46. The summed E-state index contributed by atoms with van der Waals surface area (Å²) >= 11 is 0. The van der Waals surface area contributed by atoms with Gasteiger partial charge in [-0.15, -0.1) is 0 Å². The van der Waals surface area contributed by atoms with E-state index in [9.17, 15) is 17.6 Å². The number of methoxy groups -OCH3 is 2. The van der Waals surface area contributed by atoms with Crippen LogP contribution in [0.1, 0.15) is 18.4 Å². The third-order valence-electron chi connectivity index (χ3n) is 5.09. The summed E-state index contributed by atoms with van der Waals surface area (Å²) in [6.07, 6.45) is 1.60. The smallest absolute Gasteiger partial charge is 0.243 e. The van der Waals surface area contributed by atoms with Crippen molar-refractivity contribution in [3.63, 3.8) is 0 Å². The fourth-order valence-electron chi connectivity index (χ4n) is 3.52. The highest BCUT2D eigenvalue weighted by atomic mass is 32.2. The molecule has 0 radical (unpaired) electrons. The van der Waals surface area contributed by atoms with E-state index < -0.39 is 21.9 Å². The lowest BCUT2D eigenvalue weighted by molar-refractivity contribution is -0.124. The molecule has 162 valence electrons. The molecule has 0 saturated carbocycles. The molecule has 2 aromatic rings. The van der Waals surface area contributed by atoms with Crippen LogP contribution in [0.5, 0.6) is 11.5 Å². The first-order chi connectivity index (χ1) is 14.4. The second-order valence-electron chi connectivity index (χ2n) is 6.96. The van der Waals surface area contributed by atoms with E-state index in [2.05, 4.69) is 5.32 Å². The third kappa shape index (κ3) is 4.73. The number of hydrogen-bond donors (Lipinski definition) is 1. The van der Waals surface area contributed by atoms with Crippen LogP contribution < -0.4 is 14.8 Å². The summed E-state index contributed by atoms with van der Waals surface area (Å²) in [5.74, 6) is 0.380. The maximum absolute atomic E-state index is 13.1. The Hall–Kier alpha value is -2.65. The Labute approximate surface area is 175 Å². The molecule has 1 heterocycles. The quantitative estimate of drug-likeness (QED) is 0.687. The fourth-order valence-corrected chi connectivity index (χ4v) is 5.17. The van der Waals surface area contributed by atoms with Gasteiger partial charge in [-0.1, -0.05) is 6.07 Å². The van der Waals surface area contributed by atoms with E-state index in [0.717, 1.165) is 17.7 Å². The van der Waals surface area contributed by atoms with Gasteiger partial charge in [0.05, 0.1) is 19.1 Å². The van der Waals surface area contributed by atoms with E-state index in [-0.39, 0.29) is 17.3 Å². The number of halogens is 1. The molecule has 7 nitrogen and oxygen atoms in total. The molecule has 0 bridgehead atoms. The van der Waals surface area contributed by atoms with Crippen LogP contribution in [-0.4, -0.2) is 52.0 Å². The van der Waals surface area contributed by atoms with E-state index in [1.807, 2.05) is 12.1 Å². The molecule has 0 aliphatic carbocycles. The molecule has 1 saturated heterocycles. The molecule has 0 unspecified atom stereocenters. The van der Waals surface area contributed by atoms with Gasteiger partial charge in [0.25, 0.3) is 0 Å². The van der Waals surface area contributed by atoms with Crippen LogP contribution in [-0.2, 0) is 21.2 Å². The highest BCUT2D eigenvalue weighted by Gasteiger charge is 2.39. The number of carbonyl (C=O) groups excluding carboxylic acids is 1. The van der Waals surface area contributed by atoms with Crippen molar-refractivity contribution in [2.45, 2.75) is 30.2 Å². The van der Waals surface area contributed by atoms with Crippen LogP contribution in [0.25, 0.3) is 0 Å². The zero-order valence-corrected chi connectivity index (χ0v) is 17.7. The minimum atomic E-state index is -3.87. The molecule has 1 fully saturated rings. The van der Waals surface area contributed by atoms with Gasteiger partial charge >= 0.3 is 0 Å². The number of nitrogens with zero attached hydrogens (tertiary/aromatic N) is 1. The number of sulfonamides is 1. The molecule has 9 heteroatoms. The van der Waals surface area contributed by atoms with Gasteiger partial charge in [-0.25, -0.2) is 12.8 Å². The third-order valence-corrected chi connectivity index (χ3v) is 7.01. The highest BCUT2D eigenvalue weighted by molar-refractivity contribution is 7.89. The topological polar surface area (TPSA) is 84.9 Å². The Morgan fingerprint density at radius 1 is 1.13 bits per heavy atom. The number of hydrogen-bond acceptors (Lipinski definition) is 5. The minimum Gasteiger partial charge on any atom is -0.493 e. The molecule has 1 aliphatic heterocycles. The second kappa shape index (κ2) is 9.44. The monoisotopic (exact) mass is 436 g/mol. The Kier molecular flexibility index (Phi) is 6.94. The normalized spacial score (nSPS) is 17.0. The first-order valence-electron chi connectivity index (χ1n) is 9.63. The molecule has 1 aliphatic rings. The molecule has 3 rings (SSSR count). The molecular weight excluding hydrogens is 411 g/mol.